The molecule has 0 saturated carbocycles. The van der Waals surface area contributed by atoms with Crippen LogP contribution in [0.25, 0.3) is 0 Å². The summed E-state index contributed by atoms with van der Waals surface area (Å²) in [5, 5.41) is 13.1. The average molecular weight is 429 g/mol. The first-order valence-corrected chi connectivity index (χ1v) is 10.7. The van der Waals surface area contributed by atoms with Crippen molar-refractivity contribution in [3.63, 3.8) is 0 Å². The van der Waals surface area contributed by atoms with Crippen molar-refractivity contribution in [1.82, 2.24) is 10.0 Å². The molecule has 162 valence electrons. The third-order valence-electron chi connectivity index (χ3n) is 3.93. The van der Waals surface area contributed by atoms with Crippen LogP contribution >= 0.6 is 0 Å². The summed E-state index contributed by atoms with van der Waals surface area (Å²) in [4.78, 5) is 34.6. The molecule has 10 nitrogen and oxygen atoms in total. The van der Waals surface area contributed by atoms with Crippen LogP contribution in [0.3, 0.4) is 0 Å². The highest BCUT2D eigenvalue weighted by Crippen LogP contribution is 2.15. The van der Waals surface area contributed by atoms with E-state index in [2.05, 4.69) is 5.32 Å². The van der Waals surface area contributed by atoms with E-state index in [4.69, 9.17) is 4.74 Å². The Kier molecular flexibility index (Phi) is 8.13. The molecule has 29 heavy (non-hydrogen) atoms. The Balaban J connectivity index is 2.88. The fraction of sp³-hybridized carbons (Fsp3) is 0.556. The summed E-state index contributed by atoms with van der Waals surface area (Å²) >= 11 is 0. The number of amides is 2. The Bertz CT molecular complexity index is 845. The van der Waals surface area contributed by atoms with Gasteiger partial charge in [0.2, 0.25) is 10.0 Å². The summed E-state index contributed by atoms with van der Waals surface area (Å²) in [6, 6.07) is 3.85. The first-order chi connectivity index (χ1) is 13.2. The molecular weight excluding hydrogens is 402 g/mol. The van der Waals surface area contributed by atoms with Gasteiger partial charge in [0, 0.05) is 12.1 Å². The van der Waals surface area contributed by atoms with E-state index >= 15 is 0 Å². The predicted molar refractivity (Wildman–Crippen MR) is 106 cm³/mol. The SMILES string of the molecule is CC[C@H](C)[C@@H](NC(=O)OC(C)(C)C)C(=O)NS(=O)(=O)Cc1ccc([N+](=O)[O-])cc1. The van der Waals surface area contributed by atoms with Crippen molar-refractivity contribution in [3.05, 3.63) is 39.9 Å². The van der Waals surface area contributed by atoms with Gasteiger partial charge in [0.1, 0.15) is 11.6 Å². The van der Waals surface area contributed by atoms with Gasteiger partial charge in [0.05, 0.1) is 10.7 Å². The number of nitro groups is 1. The minimum Gasteiger partial charge on any atom is -0.444 e. The van der Waals surface area contributed by atoms with Gasteiger partial charge in [-0.2, -0.15) is 0 Å². The molecule has 11 heteroatoms. The molecule has 1 rings (SSSR count). The van der Waals surface area contributed by atoms with E-state index in [1.165, 1.54) is 24.3 Å². The first kappa shape index (κ1) is 24.3. The summed E-state index contributed by atoms with van der Waals surface area (Å²) in [5.41, 5.74) is -0.674. The molecule has 2 atom stereocenters. The lowest BCUT2D eigenvalue weighted by atomic mass is 9.99. The van der Waals surface area contributed by atoms with E-state index in [-0.39, 0.29) is 17.2 Å². The first-order valence-electron chi connectivity index (χ1n) is 9.01. The smallest absolute Gasteiger partial charge is 0.408 e. The maximum absolute atomic E-state index is 12.5. The topological polar surface area (TPSA) is 145 Å². The number of nitro benzene ring substituents is 1. The highest BCUT2D eigenvalue weighted by Gasteiger charge is 2.30. The monoisotopic (exact) mass is 429 g/mol. The molecule has 0 unspecified atom stereocenters. The van der Waals surface area contributed by atoms with Crippen LogP contribution in [0.4, 0.5) is 10.5 Å². The second kappa shape index (κ2) is 9.68. The van der Waals surface area contributed by atoms with E-state index in [0.29, 0.717) is 6.42 Å². The van der Waals surface area contributed by atoms with Crippen LogP contribution in [0.1, 0.15) is 46.6 Å². The number of nitrogens with zero attached hydrogens (tertiary/aromatic N) is 1. The zero-order valence-electron chi connectivity index (χ0n) is 17.1. The fourth-order valence-corrected chi connectivity index (χ4v) is 3.46. The third kappa shape index (κ3) is 8.46. The summed E-state index contributed by atoms with van der Waals surface area (Å²) in [6.45, 7) is 8.50. The molecule has 0 bridgehead atoms. The van der Waals surface area contributed by atoms with Gasteiger partial charge in [0.15, 0.2) is 0 Å². The van der Waals surface area contributed by atoms with Crippen molar-refractivity contribution in [2.45, 2.75) is 58.4 Å². The van der Waals surface area contributed by atoms with E-state index in [0.717, 1.165) is 0 Å². The molecule has 1 aromatic rings. The van der Waals surface area contributed by atoms with E-state index in [1.807, 2.05) is 4.72 Å². The maximum Gasteiger partial charge on any atom is 0.408 e. The Morgan fingerprint density at radius 2 is 1.76 bits per heavy atom. The lowest BCUT2D eigenvalue weighted by Crippen LogP contribution is -2.52. The standard InChI is InChI=1S/C18H27N3O7S/c1-6-12(2)15(19-17(23)28-18(3,4)5)16(22)20-29(26,27)11-13-7-9-14(10-8-13)21(24)25/h7-10,12,15H,6,11H2,1-5H3,(H,19,23)(H,20,22)/t12-,15+/m0/s1. The second-order valence-electron chi connectivity index (χ2n) is 7.66. The van der Waals surface area contributed by atoms with Crippen LogP contribution in [0, 0.1) is 16.0 Å². The minimum atomic E-state index is -4.09. The molecular formula is C18H27N3O7S. The quantitative estimate of drug-likeness (QED) is 0.477. The number of nitrogens with one attached hydrogen (secondary N) is 2. The number of rotatable bonds is 8. The largest absolute Gasteiger partial charge is 0.444 e. The average Bonchev–Trinajstić information content (AvgIpc) is 2.57. The molecule has 0 heterocycles. The summed E-state index contributed by atoms with van der Waals surface area (Å²) in [7, 11) is -4.09. The molecule has 0 radical (unpaired) electrons. The van der Waals surface area contributed by atoms with Crippen LogP contribution in [0.15, 0.2) is 24.3 Å². The Morgan fingerprint density at radius 1 is 1.21 bits per heavy atom. The highest BCUT2D eigenvalue weighted by molar-refractivity contribution is 7.89. The number of benzene rings is 1. The summed E-state index contributed by atoms with van der Waals surface area (Å²) in [6.07, 6.45) is -0.318. The van der Waals surface area contributed by atoms with Gasteiger partial charge in [0.25, 0.3) is 11.6 Å². The number of sulfonamides is 1. The van der Waals surface area contributed by atoms with Gasteiger partial charge in [-0.05, 0) is 32.3 Å². The zero-order chi connectivity index (χ0) is 22.4. The van der Waals surface area contributed by atoms with Crippen molar-refractivity contribution >= 4 is 27.7 Å². The fourth-order valence-electron chi connectivity index (χ4n) is 2.32. The molecule has 2 N–H and O–H groups in total. The predicted octanol–water partition coefficient (Wildman–Crippen LogP) is 2.48. The lowest BCUT2D eigenvalue weighted by Gasteiger charge is -2.26. The number of ether oxygens (including phenoxy) is 1. The Morgan fingerprint density at radius 3 is 2.21 bits per heavy atom. The molecule has 0 aliphatic rings. The van der Waals surface area contributed by atoms with Crippen molar-refractivity contribution < 1.29 is 27.7 Å². The highest BCUT2D eigenvalue weighted by atomic mass is 32.2. The maximum atomic E-state index is 12.5. The van der Waals surface area contributed by atoms with E-state index in [1.54, 1.807) is 34.6 Å². The number of hydrogen-bond acceptors (Lipinski definition) is 7. The number of non-ortho nitro benzene ring substituents is 1. The van der Waals surface area contributed by atoms with Crippen LogP contribution in [0.5, 0.6) is 0 Å². The normalized spacial score (nSPS) is 13.8. The van der Waals surface area contributed by atoms with Crippen LogP contribution in [-0.2, 0) is 25.3 Å². The van der Waals surface area contributed by atoms with Gasteiger partial charge in [-0.25, -0.2) is 13.2 Å². The second-order valence-corrected chi connectivity index (χ2v) is 9.38. The molecule has 0 aliphatic carbocycles. The molecule has 0 aromatic heterocycles. The van der Waals surface area contributed by atoms with Crippen molar-refractivity contribution in [2.24, 2.45) is 5.92 Å². The molecule has 0 fully saturated rings. The number of hydrogen-bond donors (Lipinski definition) is 2. The van der Waals surface area contributed by atoms with Crippen molar-refractivity contribution in [2.75, 3.05) is 0 Å². The van der Waals surface area contributed by atoms with Gasteiger partial charge in [-0.15, -0.1) is 0 Å². The third-order valence-corrected chi connectivity index (χ3v) is 5.15. The molecule has 0 spiro atoms. The van der Waals surface area contributed by atoms with Gasteiger partial charge >= 0.3 is 6.09 Å². The van der Waals surface area contributed by atoms with Gasteiger partial charge in [-0.3, -0.25) is 19.6 Å². The number of carbonyl (C=O) groups excluding carboxylic acids is 2. The molecule has 2 amide bonds. The molecule has 1 aromatic carbocycles. The summed E-state index contributed by atoms with van der Waals surface area (Å²) in [5.74, 6) is -1.78. The van der Waals surface area contributed by atoms with Gasteiger partial charge in [-0.1, -0.05) is 32.4 Å². The van der Waals surface area contributed by atoms with E-state index in [9.17, 15) is 28.1 Å². The number of alkyl carbamates (subject to hydrolysis) is 1. The van der Waals surface area contributed by atoms with Crippen LogP contribution < -0.4 is 10.0 Å². The van der Waals surface area contributed by atoms with Crippen molar-refractivity contribution in [3.8, 4) is 0 Å². The molecule has 0 aliphatic heterocycles. The lowest BCUT2D eigenvalue weighted by molar-refractivity contribution is -0.384. The number of carbonyl (C=O) groups is 2. The minimum absolute atomic E-state index is 0.173. The Labute approximate surface area is 170 Å². The molecule has 0 saturated heterocycles. The zero-order valence-corrected chi connectivity index (χ0v) is 17.9. The van der Waals surface area contributed by atoms with Crippen molar-refractivity contribution in [1.29, 1.82) is 0 Å². The van der Waals surface area contributed by atoms with Crippen LogP contribution in [0.2, 0.25) is 0 Å². The van der Waals surface area contributed by atoms with E-state index < -0.39 is 44.3 Å². The Hall–Kier alpha value is -2.69. The van der Waals surface area contributed by atoms with Gasteiger partial charge < -0.3 is 10.1 Å². The van der Waals surface area contributed by atoms with Crippen LogP contribution in [-0.4, -0.2) is 37.0 Å². The summed E-state index contributed by atoms with van der Waals surface area (Å²) < 4.78 is 31.8.